The molecule has 5 rings (SSSR count). The zero-order valence-corrected chi connectivity index (χ0v) is 19.5. The number of methoxy groups -OCH3 is 1. The first-order valence-corrected chi connectivity index (χ1v) is 12.7. The van der Waals surface area contributed by atoms with Crippen LogP contribution in [0.15, 0.2) is 42.6 Å². The highest BCUT2D eigenvalue weighted by Crippen LogP contribution is 2.47. The average Bonchev–Trinajstić information content (AvgIpc) is 2.74. The van der Waals surface area contributed by atoms with Crippen molar-refractivity contribution >= 4 is 32.1 Å². The number of anilines is 2. The van der Waals surface area contributed by atoms with Crippen LogP contribution in [-0.2, 0) is 9.84 Å². The zero-order chi connectivity index (χ0) is 24.3. The molecule has 10 heteroatoms. The number of fused-ring (bicyclic) bond motifs is 1. The van der Waals surface area contributed by atoms with E-state index in [-0.39, 0.29) is 22.5 Å². The molecule has 1 N–H and O–H groups in total. The molecule has 0 radical (unpaired) electrons. The number of nitrogens with one attached hydrogen (secondary N) is 1. The minimum atomic E-state index is -2.92. The predicted molar refractivity (Wildman–Crippen MR) is 125 cm³/mol. The van der Waals surface area contributed by atoms with Crippen LogP contribution < -0.4 is 15.0 Å². The molecular formula is C24H24F3N3O3S. The molecule has 0 aliphatic carbocycles. The summed E-state index contributed by atoms with van der Waals surface area (Å²) in [6.07, 6.45) is -1.28. The summed E-state index contributed by atoms with van der Waals surface area (Å²) >= 11 is 0. The summed E-state index contributed by atoms with van der Waals surface area (Å²) in [6, 6.07) is 8.89. The van der Waals surface area contributed by atoms with E-state index in [9.17, 15) is 21.6 Å². The van der Waals surface area contributed by atoms with Crippen LogP contribution in [0.2, 0.25) is 0 Å². The normalized spacial score (nSPS) is 19.1. The molecule has 1 spiro atoms. The van der Waals surface area contributed by atoms with Gasteiger partial charge in [-0.3, -0.25) is 4.98 Å². The molecule has 3 heterocycles. The Kier molecular flexibility index (Phi) is 5.38. The first kappa shape index (κ1) is 22.8. The van der Waals surface area contributed by atoms with Gasteiger partial charge in [0.15, 0.2) is 9.84 Å². The number of nitrogens with zero attached hydrogens (tertiary/aromatic N) is 2. The number of aromatic nitrogens is 1. The lowest BCUT2D eigenvalue weighted by atomic mass is 9.82. The highest BCUT2D eigenvalue weighted by Gasteiger charge is 2.56. The largest absolute Gasteiger partial charge is 0.495 e. The monoisotopic (exact) mass is 491 g/mol. The second kappa shape index (κ2) is 8.04. The SMILES string of the molecule is COc1cc2nccc(N[C@H](C)c3cccc(C(F)F)c3F)c2cc1N1CC2(C1)CS(=O)(=O)C2. The van der Waals surface area contributed by atoms with E-state index in [1.807, 2.05) is 6.07 Å². The Bertz CT molecular complexity index is 1360. The van der Waals surface area contributed by atoms with Gasteiger partial charge in [0, 0.05) is 47.4 Å². The molecule has 1 atom stereocenters. The van der Waals surface area contributed by atoms with Gasteiger partial charge in [0.2, 0.25) is 0 Å². The fourth-order valence-corrected chi connectivity index (χ4v) is 7.23. The number of hydrogen-bond acceptors (Lipinski definition) is 6. The minimum absolute atomic E-state index is 0.146. The summed E-state index contributed by atoms with van der Waals surface area (Å²) in [6.45, 7) is 2.96. The molecule has 34 heavy (non-hydrogen) atoms. The first-order chi connectivity index (χ1) is 16.1. The van der Waals surface area contributed by atoms with Crippen molar-refractivity contribution in [1.29, 1.82) is 0 Å². The lowest BCUT2D eigenvalue weighted by molar-refractivity contribution is 0.146. The summed E-state index contributed by atoms with van der Waals surface area (Å²) in [5.74, 6) is 0.126. The highest BCUT2D eigenvalue weighted by atomic mass is 32.2. The van der Waals surface area contributed by atoms with E-state index < -0.39 is 33.7 Å². The number of ether oxygens (including phenoxy) is 1. The summed E-state index contributed by atoms with van der Waals surface area (Å²) in [5.41, 5.74) is 1.48. The van der Waals surface area contributed by atoms with E-state index in [2.05, 4.69) is 15.2 Å². The van der Waals surface area contributed by atoms with Crippen molar-refractivity contribution in [3.63, 3.8) is 0 Å². The number of alkyl halides is 2. The molecule has 2 fully saturated rings. The van der Waals surface area contributed by atoms with Crippen LogP contribution in [0.25, 0.3) is 10.9 Å². The Morgan fingerprint density at radius 1 is 1.15 bits per heavy atom. The average molecular weight is 492 g/mol. The number of rotatable bonds is 6. The molecule has 3 aromatic rings. The second-order valence-electron chi connectivity index (χ2n) is 9.21. The van der Waals surface area contributed by atoms with Crippen LogP contribution in [-0.4, -0.2) is 45.1 Å². The van der Waals surface area contributed by atoms with Crippen molar-refractivity contribution in [3.8, 4) is 5.75 Å². The molecule has 180 valence electrons. The Labute approximate surface area is 195 Å². The maximum Gasteiger partial charge on any atom is 0.266 e. The third kappa shape index (κ3) is 3.83. The van der Waals surface area contributed by atoms with E-state index in [0.717, 1.165) is 17.1 Å². The summed E-state index contributed by atoms with van der Waals surface area (Å²) in [7, 11) is -1.35. The Morgan fingerprint density at radius 2 is 1.85 bits per heavy atom. The topological polar surface area (TPSA) is 71.5 Å². The Balaban J connectivity index is 1.46. The summed E-state index contributed by atoms with van der Waals surface area (Å²) in [4.78, 5) is 6.50. The fraction of sp³-hybridized carbons (Fsp3) is 0.375. The van der Waals surface area contributed by atoms with Gasteiger partial charge < -0.3 is 15.0 Å². The lowest BCUT2D eigenvalue weighted by Gasteiger charge is -2.55. The van der Waals surface area contributed by atoms with E-state index in [1.165, 1.54) is 12.1 Å². The molecule has 1 aromatic heterocycles. The van der Waals surface area contributed by atoms with Crippen molar-refractivity contribution in [2.45, 2.75) is 19.4 Å². The van der Waals surface area contributed by atoms with Crippen molar-refractivity contribution in [1.82, 2.24) is 4.98 Å². The number of pyridine rings is 1. The van der Waals surface area contributed by atoms with Gasteiger partial charge in [-0.05, 0) is 19.1 Å². The molecule has 0 unspecified atom stereocenters. The van der Waals surface area contributed by atoms with E-state index >= 15 is 0 Å². The molecule has 0 saturated carbocycles. The molecule has 2 aromatic carbocycles. The molecule has 6 nitrogen and oxygen atoms in total. The van der Waals surface area contributed by atoms with Gasteiger partial charge in [0.1, 0.15) is 11.6 Å². The standard InChI is InChI=1S/C24H24F3N3O3S/c1-14(15-4-3-5-16(22(15)25)23(26)27)29-18-6-7-28-19-9-21(33-2)20(8-17(18)19)30-10-24(11-30)12-34(31,32)13-24/h3-9,14,23H,10-13H2,1-2H3,(H,28,29)/t14-/m1/s1. The Hall–Kier alpha value is -3.01. The van der Waals surface area contributed by atoms with Crippen LogP contribution >= 0.6 is 0 Å². The van der Waals surface area contributed by atoms with Gasteiger partial charge in [-0.15, -0.1) is 0 Å². The van der Waals surface area contributed by atoms with Crippen LogP contribution in [0.3, 0.4) is 0 Å². The van der Waals surface area contributed by atoms with Gasteiger partial charge in [0.05, 0.1) is 41.4 Å². The van der Waals surface area contributed by atoms with Gasteiger partial charge in [-0.1, -0.05) is 18.2 Å². The maximum absolute atomic E-state index is 14.7. The fourth-order valence-electron chi connectivity index (χ4n) is 5.09. The van der Waals surface area contributed by atoms with E-state index in [0.29, 0.717) is 30.0 Å². The minimum Gasteiger partial charge on any atom is -0.495 e. The van der Waals surface area contributed by atoms with Crippen LogP contribution in [0.4, 0.5) is 24.5 Å². The highest BCUT2D eigenvalue weighted by molar-refractivity contribution is 7.92. The van der Waals surface area contributed by atoms with Crippen molar-refractivity contribution < 1.29 is 26.3 Å². The third-order valence-corrected chi connectivity index (χ3v) is 8.72. The van der Waals surface area contributed by atoms with Gasteiger partial charge in [-0.25, -0.2) is 21.6 Å². The van der Waals surface area contributed by atoms with Crippen molar-refractivity contribution in [2.75, 3.05) is 41.9 Å². The molecule has 2 aliphatic heterocycles. The quantitative estimate of drug-likeness (QED) is 0.538. The first-order valence-electron chi connectivity index (χ1n) is 10.9. The number of hydrogen-bond donors (Lipinski definition) is 1. The second-order valence-corrected chi connectivity index (χ2v) is 11.3. The molecule has 0 bridgehead atoms. The molecular weight excluding hydrogens is 467 g/mol. The molecule has 2 aliphatic rings. The number of halogens is 3. The van der Waals surface area contributed by atoms with Crippen molar-refractivity contribution in [3.05, 3.63) is 59.5 Å². The van der Waals surface area contributed by atoms with Gasteiger partial charge in [-0.2, -0.15) is 0 Å². The number of benzene rings is 2. The van der Waals surface area contributed by atoms with Gasteiger partial charge in [0.25, 0.3) is 6.43 Å². The van der Waals surface area contributed by atoms with E-state index in [1.54, 1.807) is 32.4 Å². The lowest BCUT2D eigenvalue weighted by Crippen LogP contribution is -2.68. The van der Waals surface area contributed by atoms with E-state index in [4.69, 9.17) is 4.74 Å². The smallest absolute Gasteiger partial charge is 0.266 e. The maximum atomic E-state index is 14.7. The molecule has 2 saturated heterocycles. The molecule has 0 amide bonds. The Morgan fingerprint density at radius 3 is 2.50 bits per heavy atom. The third-order valence-electron chi connectivity index (χ3n) is 6.62. The predicted octanol–water partition coefficient (Wildman–Crippen LogP) is 4.73. The summed E-state index contributed by atoms with van der Waals surface area (Å²) < 4.78 is 69.9. The van der Waals surface area contributed by atoms with Crippen LogP contribution in [0.1, 0.15) is 30.5 Å². The van der Waals surface area contributed by atoms with Crippen LogP contribution in [0.5, 0.6) is 5.75 Å². The van der Waals surface area contributed by atoms with Crippen LogP contribution in [0, 0.1) is 11.2 Å². The number of sulfone groups is 1. The van der Waals surface area contributed by atoms with Crippen molar-refractivity contribution in [2.24, 2.45) is 5.41 Å². The van der Waals surface area contributed by atoms with Gasteiger partial charge >= 0.3 is 0 Å². The zero-order valence-electron chi connectivity index (χ0n) is 18.7. The summed E-state index contributed by atoms with van der Waals surface area (Å²) in [5, 5.41) is 4.00.